The Hall–Kier alpha value is -0.630. The third-order valence-corrected chi connectivity index (χ3v) is 4.85. The molecule has 2 nitrogen and oxygen atoms in total. The smallest absolute Gasteiger partial charge is 0.131 e. The van der Waals surface area contributed by atoms with Gasteiger partial charge in [0.15, 0.2) is 0 Å². The normalized spacial score (nSPS) is 24.5. The first kappa shape index (κ1) is 14.8. The van der Waals surface area contributed by atoms with Crippen LogP contribution in [0.4, 0.5) is 0 Å². The second kappa shape index (κ2) is 5.78. The Morgan fingerprint density at radius 1 is 1.21 bits per heavy atom. The third-order valence-electron chi connectivity index (χ3n) is 4.56. The number of aryl methyl sites for hydroxylation is 1. The molecule has 0 unspecified atom stereocenters. The van der Waals surface area contributed by atoms with Crippen LogP contribution < -0.4 is 0 Å². The summed E-state index contributed by atoms with van der Waals surface area (Å²) in [4.78, 5) is 9.18. The van der Waals surface area contributed by atoms with Crippen LogP contribution in [0.3, 0.4) is 0 Å². The van der Waals surface area contributed by atoms with Crippen LogP contribution in [0.15, 0.2) is 6.20 Å². The van der Waals surface area contributed by atoms with Crippen molar-refractivity contribution >= 4 is 11.6 Å². The van der Waals surface area contributed by atoms with E-state index < -0.39 is 0 Å². The molecule has 106 valence electrons. The van der Waals surface area contributed by atoms with Crippen molar-refractivity contribution in [3.63, 3.8) is 0 Å². The van der Waals surface area contributed by atoms with Gasteiger partial charge in [0.25, 0.3) is 0 Å². The zero-order valence-corrected chi connectivity index (χ0v) is 13.3. The maximum atomic E-state index is 5.86. The van der Waals surface area contributed by atoms with E-state index in [0.717, 1.165) is 23.0 Å². The summed E-state index contributed by atoms with van der Waals surface area (Å²) < 4.78 is 0. The minimum atomic E-state index is 0.435. The lowest BCUT2D eigenvalue weighted by Crippen LogP contribution is -2.25. The lowest BCUT2D eigenvalue weighted by atomic mass is 9.69. The maximum Gasteiger partial charge on any atom is 0.131 e. The van der Waals surface area contributed by atoms with Gasteiger partial charge < -0.3 is 0 Å². The lowest BCUT2D eigenvalue weighted by Gasteiger charge is -2.36. The molecule has 2 rings (SSSR count). The van der Waals surface area contributed by atoms with Gasteiger partial charge in [0.2, 0.25) is 0 Å². The van der Waals surface area contributed by atoms with Gasteiger partial charge in [-0.25, -0.2) is 9.97 Å². The van der Waals surface area contributed by atoms with Crippen molar-refractivity contribution in [2.24, 2.45) is 11.3 Å². The van der Waals surface area contributed by atoms with Gasteiger partial charge in [-0.3, -0.25) is 0 Å². The number of aromatic nitrogens is 2. The predicted molar refractivity (Wildman–Crippen MR) is 80.5 cm³/mol. The fourth-order valence-electron chi connectivity index (χ4n) is 3.06. The number of nitrogens with zero attached hydrogens (tertiary/aromatic N) is 2. The largest absolute Gasteiger partial charge is 0.241 e. The molecule has 1 aromatic heterocycles. The SMILES string of the molecule is Cc1nc(C2CCC(C(C)(C)C)CC2)ncc1CCl. The molecule has 0 aliphatic heterocycles. The van der Waals surface area contributed by atoms with E-state index in [0.29, 0.717) is 17.2 Å². The number of rotatable bonds is 2. The molecule has 0 saturated heterocycles. The molecule has 0 bridgehead atoms. The van der Waals surface area contributed by atoms with Crippen LogP contribution in [0.2, 0.25) is 0 Å². The Kier molecular flexibility index (Phi) is 4.50. The molecule has 0 aromatic carbocycles. The number of hydrogen-bond acceptors (Lipinski definition) is 2. The van der Waals surface area contributed by atoms with Crippen molar-refractivity contribution in [1.82, 2.24) is 9.97 Å². The summed E-state index contributed by atoms with van der Waals surface area (Å²) in [6.45, 7) is 9.10. The molecule has 1 aromatic rings. The Morgan fingerprint density at radius 3 is 2.32 bits per heavy atom. The molecule has 1 aliphatic rings. The van der Waals surface area contributed by atoms with Crippen LogP contribution in [0.25, 0.3) is 0 Å². The van der Waals surface area contributed by atoms with Crippen LogP contribution in [0.1, 0.15) is 69.5 Å². The van der Waals surface area contributed by atoms with Gasteiger partial charge in [-0.2, -0.15) is 0 Å². The van der Waals surface area contributed by atoms with Crippen molar-refractivity contribution in [2.45, 2.75) is 65.2 Å². The molecular formula is C16H25ClN2. The summed E-state index contributed by atoms with van der Waals surface area (Å²) in [6, 6.07) is 0. The quantitative estimate of drug-likeness (QED) is 0.724. The maximum absolute atomic E-state index is 5.86. The van der Waals surface area contributed by atoms with Crippen molar-refractivity contribution in [3.8, 4) is 0 Å². The average molecular weight is 281 g/mol. The first-order valence-electron chi connectivity index (χ1n) is 7.30. The summed E-state index contributed by atoms with van der Waals surface area (Å²) in [5.41, 5.74) is 2.52. The minimum Gasteiger partial charge on any atom is -0.241 e. The van der Waals surface area contributed by atoms with E-state index in [2.05, 4.69) is 30.7 Å². The highest BCUT2D eigenvalue weighted by Gasteiger charge is 2.31. The van der Waals surface area contributed by atoms with E-state index in [9.17, 15) is 0 Å². The molecule has 0 N–H and O–H groups in total. The Bertz CT molecular complexity index is 429. The summed E-state index contributed by atoms with van der Waals surface area (Å²) in [6.07, 6.45) is 6.95. The van der Waals surface area contributed by atoms with Crippen molar-refractivity contribution in [3.05, 3.63) is 23.3 Å². The predicted octanol–water partition coefficient (Wildman–Crippen LogP) is 4.84. The number of hydrogen-bond donors (Lipinski definition) is 0. The number of alkyl halides is 1. The topological polar surface area (TPSA) is 25.8 Å². The van der Waals surface area contributed by atoms with Gasteiger partial charge >= 0.3 is 0 Å². The standard InChI is InChI=1S/C16H25ClN2/c1-11-13(9-17)10-18-15(19-11)12-5-7-14(8-6-12)16(2,3)4/h10,12,14H,5-9H2,1-4H3. The fraction of sp³-hybridized carbons (Fsp3) is 0.750. The van der Waals surface area contributed by atoms with E-state index in [1.54, 1.807) is 0 Å². The van der Waals surface area contributed by atoms with E-state index in [4.69, 9.17) is 11.6 Å². The van der Waals surface area contributed by atoms with E-state index in [1.807, 2.05) is 13.1 Å². The van der Waals surface area contributed by atoms with Gasteiger partial charge in [-0.1, -0.05) is 20.8 Å². The molecule has 1 aliphatic carbocycles. The number of halogens is 1. The highest BCUT2D eigenvalue weighted by Crippen LogP contribution is 2.42. The fourth-order valence-corrected chi connectivity index (χ4v) is 3.32. The van der Waals surface area contributed by atoms with Crippen LogP contribution in [0.5, 0.6) is 0 Å². The second-order valence-electron chi connectivity index (χ2n) is 6.89. The highest BCUT2D eigenvalue weighted by molar-refractivity contribution is 6.17. The molecule has 1 saturated carbocycles. The van der Waals surface area contributed by atoms with Crippen molar-refractivity contribution < 1.29 is 0 Å². The monoisotopic (exact) mass is 280 g/mol. The molecule has 0 spiro atoms. The molecule has 0 radical (unpaired) electrons. The van der Waals surface area contributed by atoms with Crippen LogP contribution >= 0.6 is 11.6 Å². The molecule has 1 heterocycles. The first-order chi connectivity index (χ1) is 8.91. The zero-order chi connectivity index (χ0) is 14.0. The zero-order valence-electron chi connectivity index (χ0n) is 12.5. The Balaban J connectivity index is 2.04. The molecule has 0 amide bonds. The molecular weight excluding hydrogens is 256 g/mol. The average Bonchev–Trinajstić information content (AvgIpc) is 2.38. The van der Waals surface area contributed by atoms with Crippen LogP contribution in [-0.2, 0) is 5.88 Å². The Labute approximate surface area is 122 Å². The van der Waals surface area contributed by atoms with E-state index >= 15 is 0 Å². The summed E-state index contributed by atoms with van der Waals surface area (Å²) in [5.74, 6) is 2.91. The first-order valence-corrected chi connectivity index (χ1v) is 7.83. The van der Waals surface area contributed by atoms with E-state index in [1.165, 1.54) is 25.7 Å². The van der Waals surface area contributed by atoms with E-state index in [-0.39, 0.29) is 0 Å². The van der Waals surface area contributed by atoms with Gasteiger partial charge in [0.1, 0.15) is 5.82 Å². The second-order valence-corrected chi connectivity index (χ2v) is 7.15. The molecule has 3 heteroatoms. The minimum absolute atomic E-state index is 0.435. The summed E-state index contributed by atoms with van der Waals surface area (Å²) in [5, 5.41) is 0. The lowest BCUT2D eigenvalue weighted by molar-refractivity contribution is 0.167. The highest BCUT2D eigenvalue weighted by atomic mass is 35.5. The van der Waals surface area contributed by atoms with Gasteiger partial charge in [-0.05, 0) is 43.9 Å². The molecule has 0 atom stereocenters. The third kappa shape index (κ3) is 3.47. The van der Waals surface area contributed by atoms with Crippen LogP contribution in [0, 0.1) is 18.3 Å². The van der Waals surface area contributed by atoms with Crippen molar-refractivity contribution in [2.75, 3.05) is 0 Å². The molecule has 19 heavy (non-hydrogen) atoms. The van der Waals surface area contributed by atoms with Gasteiger partial charge in [0, 0.05) is 23.4 Å². The summed E-state index contributed by atoms with van der Waals surface area (Å²) >= 11 is 5.86. The van der Waals surface area contributed by atoms with Crippen molar-refractivity contribution in [1.29, 1.82) is 0 Å². The molecule has 1 fully saturated rings. The van der Waals surface area contributed by atoms with Crippen LogP contribution in [-0.4, -0.2) is 9.97 Å². The van der Waals surface area contributed by atoms with Gasteiger partial charge in [0.05, 0.1) is 5.88 Å². The van der Waals surface area contributed by atoms with Gasteiger partial charge in [-0.15, -0.1) is 11.6 Å². The summed E-state index contributed by atoms with van der Waals surface area (Å²) in [7, 11) is 0. The Morgan fingerprint density at radius 2 is 1.84 bits per heavy atom.